The quantitative estimate of drug-likeness (QED) is 0.431. The van der Waals surface area contributed by atoms with Crippen LogP contribution in [0.2, 0.25) is 5.02 Å². The van der Waals surface area contributed by atoms with Crippen LogP contribution in [0.4, 0.5) is 5.69 Å². The summed E-state index contributed by atoms with van der Waals surface area (Å²) in [5.74, 6) is -0.357. The van der Waals surface area contributed by atoms with Gasteiger partial charge in [0.05, 0.1) is 11.1 Å². The Hall–Kier alpha value is -2.83. The SMILES string of the molecule is Cc1ccc(NS(=O)(=O)c2cc(C(=O)NC(C)c3ccc4c(c3)CCCC4)ccc2Cl)cc1C. The molecule has 3 aromatic carbocycles. The van der Waals surface area contributed by atoms with Crippen molar-refractivity contribution in [2.75, 3.05) is 4.72 Å². The second kappa shape index (κ2) is 9.80. The standard InChI is InChI=1S/C27H29ClN2O3S/c1-17-8-12-24(14-18(17)2)30-34(32,33)26-16-23(11-13-25(26)28)27(31)29-19(3)21-10-9-20-6-4-5-7-22(20)15-21/h8-16,19,30H,4-7H2,1-3H3,(H,29,31). The van der Waals surface area contributed by atoms with Crippen molar-refractivity contribution in [3.8, 4) is 0 Å². The molecule has 1 aliphatic rings. The number of halogens is 1. The van der Waals surface area contributed by atoms with Crippen molar-refractivity contribution in [2.45, 2.75) is 57.4 Å². The summed E-state index contributed by atoms with van der Waals surface area (Å²) in [5.41, 5.74) is 6.47. The summed E-state index contributed by atoms with van der Waals surface area (Å²) in [6.45, 7) is 5.80. The number of amides is 1. The smallest absolute Gasteiger partial charge is 0.263 e. The van der Waals surface area contributed by atoms with Crippen LogP contribution in [0.1, 0.15) is 64.0 Å². The molecule has 0 aliphatic heterocycles. The molecule has 7 heteroatoms. The number of anilines is 1. The highest BCUT2D eigenvalue weighted by molar-refractivity contribution is 7.92. The molecular weight excluding hydrogens is 468 g/mol. The van der Waals surface area contributed by atoms with Crippen LogP contribution in [0.25, 0.3) is 0 Å². The molecule has 0 saturated carbocycles. The highest BCUT2D eigenvalue weighted by Gasteiger charge is 2.22. The van der Waals surface area contributed by atoms with Crippen LogP contribution >= 0.6 is 11.6 Å². The van der Waals surface area contributed by atoms with Gasteiger partial charge in [0, 0.05) is 11.3 Å². The number of rotatable bonds is 6. The van der Waals surface area contributed by atoms with Gasteiger partial charge >= 0.3 is 0 Å². The number of hydrogen-bond donors (Lipinski definition) is 2. The molecule has 3 aromatic rings. The third-order valence-electron chi connectivity index (χ3n) is 6.46. The molecule has 0 radical (unpaired) electrons. The Labute approximate surface area is 206 Å². The lowest BCUT2D eigenvalue weighted by molar-refractivity contribution is 0.0939. The molecule has 1 amide bonds. The van der Waals surface area contributed by atoms with Crippen molar-refractivity contribution >= 4 is 33.2 Å². The van der Waals surface area contributed by atoms with Crippen molar-refractivity contribution in [3.05, 3.63) is 93.0 Å². The first-order chi connectivity index (χ1) is 16.1. The van der Waals surface area contributed by atoms with Gasteiger partial charge in [0.15, 0.2) is 0 Å². The molecule has 34 heavy (non-hydrogen) atoms. The van der Waals surface area contributed by atoms with Crippen molar-refractivity contribution in [3.63, 3.8) is 0 Å². The molecule has 1 atom stereocenters. The highest BCUT2D eigenvalue weighted by atomic mass is 35.5. The van der Waals surface area contributed by atoms with E-state index in [2.05, 4.69) is 28.2 Å². The van der Waals surface area contributed by atoms with E-state index < -0.39 is 10.0 Å². The summed E-state index contributed by atoms with van der Waals surface area (Å²) in [4.78, 5) is 12.8. The maximum Gasteiger partial charge on any atom is 0.263 e. The lowest BCUT2D eigenvalue weighted by atomic mass is 9.89. The predicted molar refractivity (Wildman–Crippen MR) is 137 cm³/mol. The average molecular weight is 497 g/mol. The van der Waals surface area contributed by atoms with E-state index in [1.54, 1.807) is 12.1 Å². The van der Waals surface area contributed by atoms with Crippen LogP contribution in [-0.2, 0) is 22.9 Å². The fourth-order valence-electron chi connectivity index (χ4n) is 4.25. The van der Waals surface area contributed by atoms with Gasteiger partial charge in [0.25, 0.3) is 15.9 Å². The fraction of sp³-hybridized carbons (Fsp3) is 0.296. The topological polar surface area (TPSA) is 75.3 Å². The van der Waals surface area contributed by atoms with E-state index in [-0.39, 0.29) is 27.4 Å². The molecule has 1 unspecified atom stereocenters. The Kier molecular flexibility index (Phi) is 7.01. The predicted octanol–water partition coefficient (Wildman–Crippen LogP) is 6.13. The van der Waals surface area contributed by atoms with Gasteiger partial charge in [-0.15, -0.1) is 0 Å². The minimum atomic E-state index is -3.98. The summed E-state index contributed by atoms with van der Waals surface area (Å²) in [6, 6.07) is 15.8. The van der Waals surface area contributed by atoms with Crippen LogP contribution in [0.15, 0.2) is 59.5 Å². The third kappa shape index (κ3) is 5.29. The molecule has 178 valence electrons. The minimum absolute atomic E-state index is 0.0515. The Morgan fingerprint density at radius 1 is 0.912 bits per heavy atom. The van der Waals surface area contributed by atoms with Crippen molar-refractivity contribution in [1.29, 1.82) is 0 Å². The molecular formula is C27H29ClN2O3S. The van der Waals surface area contributed by atoms with E-state index in [4.69, 9.17) is 11.6 Å². The fourth-order valence-corrected chi connectivity index (χ4v) is 5.83. The van der Waals surface area contributed by atoms with Gasteiger partial charge in [-0.25, -0.2) is 8.42 Å². The maximum absolute atomic E-state index is 13.0. The summed E-state index contributed by atoms with van der Waals surface area (Å²) < 4.78 is 28.7. The Morgan fingerprint density at radius 3 is 2.38 bits per heavy atom. The van der Waals surface area contributed by atoms with E-state index in [0.29, 0.717) is 5.69 Å². The number of fused-ring (bicyclic) bond motifs is 1. The zero-order chi connectivity index (χ0) is 24.5. The molecule has 0 spiro atoms. The third-order valence-corrected chi connectivity index (χ3v) is 8.33. The van der Waals surface area contributed by atoms with Gasteiger partial charge in [0.2, 0.25) is 0 Å². The van der Waals surface area contributed by atoms with Gasteiger partial charge in [-0.3, -0.25) is 9.52 Å². The number of aryl methyl sites for hydroxylation is 4. The lowest BCUT2D eigenvalue weighted by Gasteiger charge is -2.20. The molecule has 5 nitrogen and oxygen atoms in total. The molecule has 4 rings (SSSR count). The first-order valence-corrected chi connectivity index (χ1v) is 13.3. The Morgan fingerprint density at radius 2 is 1.65 bits per heavy atom. The van der Waals surface area contributed by atoms with Crippen LogP contribution in [0.3, 0.4) is 0 Å². The number of carbonyl (C=O) groups excluding carboxylic acids is 1. The van der Waals surface area contributed by atoms with Crippen molar-refractivity contribution in [2.24, 2.45) is 0 Å². The number of carbonyl (C=O) groups is 1. The first-order valence-electron chi connectivity index (χ1n) is 11.5. The molecule has 0 fully saturated rings. The van der Waals surface area contributed by atoms with Gasteiger partial charge in [-0.1, -0.05) is 35.9 Å². The zero-order valence-electron chi connectivity index (χ0n) is 19.6. The zero-order valence-corrected chi connectivity index (χ0v) is 21.2. The molecule has 1 aliphatic carbocycles. The van der Waals surface area contributed by atoms with E-state index in [9.17, 15) is 13.2 Å². The Bertz CT molecular complexity index is 1350. The van der Waals surface area contributed by atoms with E-state index >= 15 is 0 Å². The number of hydrogen-bond acceptors (Lipinski definition) is 3. The lowest BCUT2D eigenvalue weighted by Crippen LogP contribution is -2.27. The molecule has 0 saturated heterocycles. The molecule has 2 N–H and O–H groups in total. The molecule has 0 heterocycles. The van der Waals surface area contributed by atoms with Gasteiger partial charge < -0.3 is 5.32 Å². The summed E-state index contributed by atoms with van der Waals surface area (Å²) in [7, 11) is -3.98. The monoisotopic (exact) mass is 496 g/mol. The number of benzene rings is 3. The van der Waals surface area contributed by atoms with Crippen LogP contribution in [0.5, 0.6) is 0 Å². The largest absolute Gasteiger partial charge is 0.346 e. The van der Waals surface area contributed by atoms with E-state index in [1.807, 2.05) is 26.8 Å². The summed E-state index contributed by atoms with van der Waals surface area (Å²) in [5, 5.41) is 3.04. The number of nitrogens with one attached hydrogen (secondary N) is 2. The van der Waals surface area contributed by atoms with Crippen LogP contribution in [0, 0.1) is 13.8 Å². The molecule has 0 aromatic heterocycles. The second-order valence-electron chi connectivity index (χ2n) is 8.98. The summed E-state index contributed by atoms with van der Waals surface area (Å²) in [6.07, 6.45) is 4.58. The molecule has 0 bridgehead atoms. The van der Waals surface area contributed by atoms with Crippen molar-refractivity contribution < 1.29 is 13.2 Å². The van der Waals surface area contributed by atoms with E-state index in [0.717, 1.165) is 29.5 Å². The normalized spacial score (nSPS) is 14.2. The maximum atomic E-state index is 13.0. The average Bonchev–Trinajstić information content (AvgIpc) is 2.81. The van der Waals surface area contributed by atoms with Crippen LogP contribution in [-0.4, -0.2) is 14.3 Å². The van der Waals surface area contributed by atoms with Gasteiger partial charge in [-0.05, 0) is 105 Å². The second-order valence-corrected chi connectivity index (χ2v) is 11.0. The van der Waals surface area contributed by atoms with Crippen LogP contribution < -0.4 is 10.0 Å². The first kappa shape index (κ1) is 24.3. The van der Waals surface area contributed by atoms with E-state index in [1.165, 1.54) is 42.2 Å². The minimum Gasteiger partial charge on any atom is -0.346 e. The summed E-state index contributed by atoms with van der Waals surface area (Å²) >= 11 is 6.23. The van der Waals surface area contributed by atoms with Crippen molar-refractivity contribution in [1.82, 2.24) is 5.32 Å². The van der Waals surface area contributed by atoms with Gasteiger partial charge in [-0.2, -0.15) is 0 Å². The number of sulfonamides is 1. The Balaban J connectivity index is 1.53. The van der Waals surface area contributed by atoms with Gasteiger partial charge in [0.1, 0.15) is 4.90 Å². The highest BCUT2D eigenvalue weighted by Crippen LogP contribution is 2.27.